The van der Waals surface area contributed by atoms with E-state index in [0.29, 0.717) is 12.2 Å². The molecule has 0 bridgehead atoms. The van der Waals surface area contributed by atoms with Crippen LogP contribution in [0.1, 0.15) is 31.0 Å². The molecule has 0 aliphatic carbocycles. The van der Waals surface area contributed by atoms with Gasteiger partial charge in [-0.2, -0.15) is 0 Å². The minimum atomic E-state index is -0.285. The molecule has 3 aromatic carbocycles. The van der Waals surface area contributed by atoms with Crippen LogP contribution in [0.3, 0.4) is 0 Å². The van der Waals surface area contributed by atoms with Crippen LogP contribution in [0.25, 0.3) is 11.0 Å². The third-order valence-electron chi connectivity index (χ3n) is 6.02. The second-order valence-corrected chi connectivity index (χ2v) is 8.41. The second kappa shape index (κ2) is 9.79. The molecule has 174 valence electrons. The van der Waals surface area contributed by atoms with Gasteiger partial charge in [0.2, 0.25) is 11.8 Å². The third-order valence-corrected chi connectivity index (χ3v) is 6.02. The Morgan fingerprint density at radius 3 is 2.32 bits per heavy atom. The van der Waals surface area contributed by atoms with Crippen molar-refractivity contribution in [3.8, 4) is 0 Å². The fraction of sp³-hybridized carbons (Fsp3) is 0.222. The van der Waals surface area contributed by atoms with Gasteiger partial charge in [0.25, 0.3) is 0 Å². The maximum atomic E-state index is 13.7. The highest BCUT2D eigenvalue weighted by molar-refractivity contribution is 5.88. The number of carbonyl (C=O) groups is 2. The quantitative estimate of drug-likeness (QED) is 0.455. The largest absolute Gasteiger partial charge is 0.330 e. The second-order valence-electron chi connectivity index (χ2n) is 8.41. The Morgan fingerprint density at radius 2 is 1.62 bits per heavy atom. The first-order valence-electron chi connectivity index (χ1n) is 11.2. The molecule has 0 aliphatic heterocycles. The molecule has 4 aromatic rings. The Hall–Kier alpha value is -4.13. The van der Waals surface area contributed by atoms with Crippen molar-refractivity contribution in [1.82, 2.24) is 14.0 Å². The van der Waals surface area contributed by atoms with Crippen molar-refractivity contribution < 1.29 is 9.59 Å². The summed E-state index contributed by atoms with van der Waals surface area (Å²) in [6.07, 6.45) is 0. The van der Waals surface area contributed by atoms with Gasteiger partial charge in [-0.1, -0.05) is 54.6 Å². The fourth-order valence-corrected chi connectivity index (χ4v) is 4.22. The topological polar surface area (TPSA) is 76.3 Å². The number of carbonyl (C=O) groups excluding carboxylic acids is 2. The number of nitrogens with zero attached hydrogens (tertiary/aromatic N) is 3. The molecule has 2 amide bonds. The maximum Gasteiger partial charge on any atom is 0.329 e. The van der Waals surface area contributed by atoms with Crippen molar-refractivity contribution in [3.05, 3.63) is 100 Å². The van der Waals surface area contributed by atoms with E-state index < -0.39 is 0 Å². The molecule has 1 unspecified atom stereocenters. The predicted molar refractivity (Wildman–Crippen MR) is 133 cm³/mol. The smallest absolute Gasteiger partial charge is 0.329 e. The average Bonchev–Trinajstić information content (AvgIpc) is 3.07. The molecular formula is C27H28N4O3. The number of rotatable bonds is 7. The van der Waals surface area contributed by atoms with Crippen molar-refractivity contribution in [2.45, 2.75) is 33.0 Å². The lowest BCUT2D eigenvalue weighted by molar-refractivity contribution is -0.134. The average molecular weight is 457 g/mol. The zero-order chi connectivity index (χ0) is 24.2. The molecule has 7 heteroatoms. The number of benzene rings is 3. The minimum Gasteiger partial charge on any atom is -0.330 e. The predicted octanol–water partition coefficient (Wildman–Crippen LogP) is 4.09. The van der Waals surface area contributed by atoms with E-state index in [-0.39, 0.29) is 30.1 Å². The molecule has 34 heavy (non-hydrogen) atoms. The number of hydrogen-bond donors (Lipinski definition) is 1. The Morgan fingerprint density at radius 1 is 0.941 bits per heavy atom. The zero-order valence-electron chi connectivity index (χ0n) is 19.6. The molecule has 0 fully saturated rings. The molecule has 7 nitrogen and oxygen atoms in total. The van der Waals surface area contributed by atoms with Crippen molar-refractivity contribution in [3.63, 3.8) is 0 Å². The molecule has 0 aliphatic rings. The van der Waals surface area contributed by atoms with Crippen molar-refractivity contribution in [1.29, 1.82) is 0 Å². The lowest BCUT2D eigenvalue weighted by Crippen LogP contribution is -2.38. The number of aromatic nitrogens is 2. The molecule has 0 radical (unpaired) electrons. The van der Waals surface area contributed by atoms with Crippen LogP contribution in [0.2, 0.25) is 0 Å². The van der Waals surface area contributed by atoms with E-state index in [1.54, 1.807) is 16.5 Å². The summed E-state index contributed by atoms with van der Waals surface area (Å²) in [5, 5.41) is 2.80. The van der Waals surface area contributed by atoms with Crippen LogP contribution in [0, 0.1) is 0 Å². The first-order valence-corrected chi connectivity index (χ1v) is 11.2. The van der Waals surface area contributed by atoms with E-state index in [2.05, 4.69) is 5.32 Å². The Bertz CT molecular complexity index is 1390. The highest BCUT2D eigenvalue weighted by Gasteiger charge is 2.24. The van der Waals surface area contributed by atoms with Crippen molar-refractivity contribution >= 4 is 28.5 Å². The van der Waals surface area contributed by atoms with Crippen molar-refractivity contribution in [2.24, 2.45) is 7.05 Å². The van der Waals surface area contributed by atoms with E-state index in [1.807, 2.05) is 85.8 Å². The monoisotopic (exact) mass is 456 g/mol. The van der Waals surface area contributed by atoms with Gasteiger partial charge in [0, 0.05) is 26.2 Å². The normalized spacial score (nSPS) is 11.9. The van der Waals surface area contributed by atoms with Crippen LogP contribution in [0.15, 0.2) is 83.7 Å². The number of amides is 2. The van der Waals surface area contributed by atoms with Gasteiger partial charge >= 0.3 is 5.69 Å². The SMILES string of the molecule is CC(=O)Nc1cccc(C(C)N(Cc2ccccc2)C(=O)Cn2c(=O)n(C)c3ccccc32)c1. The summed E-state index contributed by atoms with van der Waals surface area (Å²) in [6, 6.07) is 24.4. The van der Waals surface area contributed by atoms with Crippen LogP contribution in [-0.2, 0) is 29.7 Å². The summed E-state index contributed by atoms with van der Waals surface area (Å²) in [7, 11) is 1.71. The molecular weight excluding hydrogens is 428 g/mol. The number of nitrogens with one attached hydrogen (secondary N) is 1. The number of para-hydroxylation sites is 2. The van der Waals surface area contributed by atoms with Crippen LogP contribution in [0.4, 0.5) is 5.69 Å². The van der Waals surface area contributed by atoms with E-state index in [0.717, 1.165) is 22.2 Å². The van der Waals surface area contributed by atoms with Gasteiger partial charge in [0.15, 0.2) is 0 Å². The first kappa shape index (κ1) is 23.0. The van der Waals surface area contributed by atoms with Crippen LogP contribution < -0.4 is 11.0 Å². The number of anilines is 1. The Kier molecular flexibility index (Phi) is 6.63. The number of fused-ring (bicyclic) bond motifs is 1. The fourth-order valence-electron chi connectivity index (χ4n) is 4.22. The van der Waals surface area contributed by atoms with Gasteiger partial charge in [0.1, 0.15) is 6.54 Å². The summed E-state index contributed by atoms with van der Waals surface area (Å²) in [4.78, 5) is 39.9. The van der Waals surface area contributed by atoms with Crippen molar-refractivity contribution in [2.75, 3.05) is 5.32 Å². The molecule has 1 atom stereocenters. The van der Waals surface area contributed by atoms with Crippen LogP contribution in [-0.4, -0.2) is 25.8 Å². The summed E-state index contributed by atoms with van der Waals surface area (Å²) < 4.78 is 3.08. The summed E-state index contributed by atoms with van der Waals surface area (Å²) >= 11 is 0. The number of aryl methyl sites for hydroxylation is 1. The lowest BCUT2D eigenvalue weighted by atomic mass is 10.0. The highest BCUT2D eigenvalue weighted by Crippen LogP contribution is 2.26. The molecule has 1 N–H and O–H groups in total. The van der Waals surface area contributed by atoms with E-state index in [4.69, 9.17) is 0 Å². The van der Waals surface area contributed by atoms with Gasteiger partial charge < -0.3 is 10.2 Å². The Balaban J connectivity index is 1.69. The van der Waals surface area contributed by atoms with E-state index >= 15 is 0 Å². The summed E-state index contributed by atoms with van der Waals surface area (Å²) in [5.74, 6) is -0.322. The minimum absolute atomic E-state index is 0.0667. The first-order chi connectivity index (χ1) is 16.3. The summed E-state index contributed by atoms with van der Waals surface area (Å²) in [5.41, 5.74) is 3.84. The molecule has 4 rings (SSSR count). The third kappa shape index (κ3) is 4.78. The number of hydrogen-bond acceptors (Lipinski definition) is 3. The molecule has 1 heterocycles. The van der Waals surface area contributed by atoms with Gasteiger partial charge in [-0.05, 0) is 42.3 Å². The lowest BCUT2D eigenvalue weighted by Gasteiger charge is -2.30. The zero-order valence-corrected chi connectivity index (χ0v) is 19.6. The standard InChI is InChI=1S/C27H28N4O3/c1-19(22-12-9-13-23(16-22)28-20(2)32)30(17-21-10-5-4-6-11-21)26(33)18-31-25-15-8-7-14-24(25)29(3)27(31)34/h4-16,19H,17-18H2,1-3H3,(H,28,32). The molecule has 0 spiro atoms. The van der Waals surface area contributed by atoms with Gasteiger partial charge in [-0.3, -0.25) is 18.7 Å². The van der Waals surface area contributed by atoms with Crippen LogP contribution in [0.5, 0.6) is 0 Å². The number of imidazole rings is 1. The van der Waals surface area contributed by atoms with Gasteiger partial charge in [0.05, 0.1) is 17.1 Å². The maximum absolute atomic E-state index is 13.7. The molecule has 0 saturated heterocycles. The van der Waals surface area contributed by atoms with Gasteiger partial charge in [-0.15, -0.1) is 0 Å². The highest BCUT2D eigenvalue weighted by atomic mass is 16.2. The van der Waals surface area contributed by atoms with E-state index in [1.165, 1.54) is 11.5 Å². The Labute approximate surface area is 198 Å². The van der Waals surface area contributed by atoms with E-state index in [9.17, 15) is 14.4 Å². The van der Waals surface area contributed by atoms with Crippen LogP contribution >= 0.6 is 0 Å². The van der Waals surface area contributed by atoms with Gasteiger partial charge in [-0.25, -0.2) is 4.79 Å². The molecule has 1 aromatic heterocycles. The summed E-state index contributed by atoms with van der Waals surface area (Å²) in [6.45, 7) is 3.75. The molecule has 0 saturated carbocycles.